The second-order valence-electron chi connectivity index (χ2n) is 20.5. The Hall–Kier alpha value is -1.70. The van der Waals surface area contributed by atoms with Gasteiger partial charge in [0.15, 0.2) is 0 Å². The molecule has 1 saturated carbocycles. The highest BCUT2D eigenvalue weighted by molar-refractivity contribution is 7.47. The molecule has 0 spiro atoms. The van der Waals surface area contributed by atoms with Gasteiger partial charge < -0.3 is 39.9 Å². The summed E-state index contributed by atoms with van der Waals surface area (Å²) in [5, 5.41) is 50.5. The van der Waals surface area contributed by atoms with Crippen LogP contribution in [0.5, 0.6) is 0 Å². The SMILES string of the molecule is CC/C=C\C/C=C\C/C=C\C/C=C\CCCCCCCCCCCCC(=O)OC(COCCCCCCCCCCCCCCCCCCCCCCCC)COP(=O)(O)OC1C(O)C(O)C(O)C(O)C1O. The zero-order valence-electron chi connectivity index (χ0n) is 45.7. The number of rotatable bonds is 51. The van der Waals surface area contributed by atoms with Gasteiger partial charge in [0.05, 0.1) is 13.2 Å². The zero-order valence-corrected chi connectivity index (χ0v) is 46.6. The lowest BCUT2D eigenvalue weighted by Gasteiger charge is -2.41. The van der Waals surface area contributed by atoms with Crippen molar-refractivity contribution in [3.8, 4) is 0 Å². The molecule has 0 bridgehead atoms. The molecule has 0 saturated heterocycles. The van der Waals surface area contributed by atoms with Crippen molar-refractivity contribution in [2.24, 2.45) is 0 Å². The monoisotopic (exact) mass is 1040 g/mol. The predicted molar refractivity (Wildman–Crippen MR) is 295 cm³/mol. The minimum atomic E-state index is -5.03. The summed E-state index contributed by atoms with van der Waals surface area (Å²) < 4.78 is 34.4. The number of carbonyl (C=O) groups excluding carboxylic acids is 1. The Balaban J connectivity index is 2.27. The van der Waals surface area contributed by atoms with E-state index >= 15 is 0 Å². The maximum absolute atomic E-state index is 12.9. The van der Waals surface area contributed by atoms with Crippen molar-refractivity contribution < 1.29 is 58.3 Å². The lowest BCUT2D eigenvalue weighted by atomic mass is 9.85. The normalized spacial score (nSPS) is 20.9. The fourth-order valence-corrected chi connectivity index (χ4v) is 10.1. The van der Waals surface area contributed by atoms with Crippen molar-refractivity contribution in [3.63, 3.8) is 0 Å². The molecule has 0 heterocycles. The number of unbranched alkanes of at least 4 members (excludes halogenated alkanes) is 31. The van der Waals surface area contributed by atoms with E-state index in [1.54, 1.807) is 0 Å². The van der Waals surface area contributed by atoms with E-state index in [-0.39, 0.29) is 13.0 Å². The quantitative estimate of drug-likeness (QED) is 0.0146. The fraction of sp³-hybridized carbons (Fsp3) is 0.847. The standard InChI is InChI=1S/C59H109O12P/c1-3-5-7-9-11-13-15-17-19-21-23-25-27-28-30-32-34-36-38-40-42-44-46-48-53(60)70-52(51-69-72(66,67)71-59-57(64)55(62)54(61)56(63)58(59)65)50-68-49-47-45-43-41-39-37-35-33-31-29-26-24-22-20-18-16-14-12-10-8-6-4-2/h5,7,11,13,17,19,23,25,52,54-59,61-65H,3-4,6,8-10,12,14-16,18,20-22,24,26-51H2,1-2H3,(H,66,67)/b7-5-,13-11-,19-17-,25-23-. The maximum atomic E-state index is 12.9. The van der Waals surface area contributed by atoms with Gasteiger partial charge in [0.25, 0.3) is 0 Å². The Morgan fingerprint density at radius 2 is 0.819 bits per heavy atom. The molecule has 0 aliphatic heterocycles. The fourth-order valence-electron chi connectivity index (χ4n) is 9.11. The molecule has 6 N–H and O–H groups in total. The number of aliphatic hydroxyl groups is 5. The van der Waals surface area contributed by atoms with E-state index in [0.717, 1.165) is 70.6 Å². The highest BCUT2D eigenvalue weighted by atomic mass is 31.2. The Bertz CT molecular complexity index is 1370. The zero-order chi connectivity index (χ0) is 52.6. The summed E-state index contributed by atoms with van der Waals surface area (Å²) in [5.41, 5.74) is 0. The van der Waals surface area contributed by atoms with Crippen LogP contribution in [0.3, 0.4) is 0 Å². The Labute approximate surface area is 439 Å². The molecule has 0 aromatic rings. The largest absolute Gasteiger partial charge is 0.472 e. The predicted octanol–water partition coefficient (Wildman–Crippen LogP) is 14.3. The molecular formula is C59H109O12P. The number of allylic oxidation sites excluding steroid dienone is 8. The van der Waals surface area contributed by atoms with Crippen LogP contribution in [0.1, 0.15) is 258 Å². The molecule has 1 aliphatic carbocycles. The number of hydrogen-bond acceptors (Lipinski definition) is 11. The topological polar surface area (TPSA) is 192 Å². The van der Waals surface area contributed by atoms with E-state index in [9.17, 15) is 39.8 Å². The highest BCUT2D eigenvalue weighted by Crippen LogP contribution is 2.47. The van der Waals surface area contributed by atoms with E-state index in [1.807, 2.05) is 0 Å². The highest BCUT2D eigenvalue weighted by Gasteiger charge is 2.51. The second kappa shape index (κ2) is 48.9. The molecule has 0 aromatic carbocycles. The van der Waals surface area contributed by atoms with Crippen LogP contribution in [0, 0.1) is 0 Å². The Morgan fingerprint density at radius 3 is 1.25 bits per heavy atom. The van der Waals surface area contributed by atoms with Crippen LogP contribution in [0.2, 0.25) is 0 Å². The van der Waals surface area contributed by atoms with Crippen LogP contribution >= 0.6 is 7.82 Å². The van der Waals surface area contributed by atoms with E-state index in [1.165, 1.54) is 161 Å². The summed E-state index contributed by atoms with van der Waals surface area (Å²) in [6.45, 7) is 4.20. The van der Waals surface area contributed by atoms with E-state index < -0.39 is 63.1 Å². The third kappa shape index (κ3) is 39.7. The number of carbonyl (C=O) groups is 1. The Morgan fingerprint density at radius 1 is 0.458 bits per heavy atom. The average molecular weight is 1040 g/mol. The van der Waals surface area contributed by atoms with Crippen LogP contribution in [-0.4, -0.2) is 98.9 Å². The molecule has 72 heavy (non-hydrogen) atoms. The summed E-state index contributed by atoms with van der Waals surface area (Å²) in [6, 6.07) is 0. The van der Waals surface area contributed by atoms with Gasteiger partial charge in [-0.05, 0) is 51.4 Å². The van der Waals surface area contributed by atoms with Gasteiger partial charge in [0.1, 0.15) is 42.7 Å². The molecule has 0 radical (unpaired) electrons. The van der Waals surface area contributed by atoms with Crippen molar-refractivity contribution >= 4 is 13.8 Å². The van der Waals surface area contributed by atoms with Gasteiger partial charge >= 0.3 is 13.8 Å². The summed E-state index contributed by atoms with van der Waals surface area (Å²) in [4.78, 5) is 23.3. The number of esters is 1. The van der Waals surface area contributed by atoms with Gasteiger partial charge in [-0.25, -0.2) is 4.57 Å². The maximum Gasteiger partial charge on any atom is 0.472 e. The first kappa shape index (κ1) is 68.3. The molecule has 1 aliphatic rings. The molecule has 1 rings (SSSR count). The summed E-state index contributed by atoms with van der Waals surface area (Å²) >= 11 is 0. The molecule has 6 atom stereocenters. The molecule has 422 valence electrons. The number of hydrogen-bond donors (Lipinski definition) is 6. The third-order valence-electron chi connectivity index (χ3n) is 13.7. The smallest absolute Gasteiger partial charge is 0.457 e. The first-order valence-electron chi connectivity index (χ1n) is 29.5. The number of ether oxygens (including phenoxy) is 2. The van der Waals surface area contributed by atoms with Crippen LogP contribution in [0.15, 0.2) is 48.6 Å². The molecule has 13 heteroatoms. The third-order valence-corrected chi connectivity index (χ3v) is 14.7. The molecule has 6 unspecified atom stereocenters. The lowest BCUT2D eigenvalue weighted by Crippen LogP contribution is -2.64. The summed E-state index contributed by atoms with van der Waals surface area (Å²) in [5.74, 6) is -0.478. The van der Waals surface area contributed by atoms with Crippen LogP contribution in [0.25, 0.3) is 0 Å². The van der Waals surface area contributed by atoms with Gasteiger partial charge in [-0.2, -0.15) is 0 Å². The van der Waals surface area contributed by atoms with Gasteiger partial charge in [0.2, 0.25) is 0 Å². The average Bonchev–Trinajstić information content (AvgIpc) is 3.37. The van der Waals surface area contributed by atoms with Gasteiger partial charge in [-0.1, -0.05) is 249 Å². The first-order chi connectivity index (χ1) is 35.0. The van der Waals surface area contributed by atoms with Crippen molar-refractivity contribution in [1.29, 1.82) is 0 Å². The first-order valence-corrected chi connectivity index (χ1v) is 31.0. The molecule has 0 aromatic heterocycles. The lowest BCUT2D eigenvalue weighted by molar-refractivity contribution is -0.220. The summed E-state index contributed by atoms with van der Waals surface area (Å²) in [6.07, 6.45) is 50.4. The molecule has 0 amide bonds. The van der Waals surface area contributed by atoms with Crippen molar-refractivity contribution in [2.45, 2.75) is 301 Å². The van der Waals surface area contributed by atoms with Crippen molar-refractivity contribution in [2.75, 3.05) is 19.8 Å². The molecule has 12 nitrogen and oxygen atoms in total. The molecule has 1 fully saturated rings. The van der Waals surface area contributed by atoms with E-state index in [2.05, 4.69) is 62.5 Å². The number of phosphoric acid groups is 1. The minimum absolute atomic E-state index is 0.0757. The van der Waals surface area contributed by atoms with E-state index in [0.29, 0.717) is 13.0 Å². The second-order valence-corrected chi connectivity index (χ2v) is 21.9. The number of phosphoric ester groups is 1. The van der Waals surface area contributed by atoms with E-state index in [4.69, 9.17) is 18.5 Å². The summed E-state index contributed by atoms with van der Waals surface area (Å²) in [7, 11) is -5.03. The van der Waals surface area contributed by atoms with Gasteiger partial charge in [-0.15, -0.1) is 0 Å². The molecular weight excluding hydrogens is 932 g/mol. The minimum Gasteiger partial charge on any atom is -0.457 e. The number of aliphatic hydroxyl groups excluding tert-OH is 5. The Kier molecular flexibility index (Phi) is 46.4. The van der Waals surface area contributed by atoms with Crippen molar-refractivity contribution in [1.82, 2.24) is 0 Å². The van der Waals surface area contributed by atoms with Gasteiger partial charge in [0, 0.05) is 13.0 Å². The van der Waals surface area contributed by atoms with Crippen LogP contribution < -0.4 is 0 Å². The van der Waals surface area contributed by atoms with Gasteiger partial charge in [-0.3, -0.25) is 13.8 Å². The van der Waals surface area contributed by atoms with Crippen LogP contribution in [-0.2, 0) is 27.9 Å². The van der Waals surface area contributed by atoms with Crippen molar-refractivity contribution in [3.05, 3.63) is 48.6 Å². The van der Waals surface area contributed by atoms with Crippen LogP contribution in [0.4, 0.5) is 0 Å².